The molecule has 7 nitrogen and oxygen atoms in total. The molecule has 1 aliphatic heterocycles. The van der Waals surface area contributed by atoms with E-state index in [1.54, 1.807) is 0 Å². The zero-order valence-corrected chi connectivity index (χ0v) is 12.5. The minimum Gasteiger partial charge on any atom is -0.354 e. The minimum atomic E-state index is 0.114. The monoisotopic (exact) mass is 300 g/mol. The third-order valence-electron chi connectivity index (χ3n) is 4.79. The van der Waals surface area contributed by atoms with Gasteiger partial charge in [0.15, 0.2) is 5.82 Å². The Morgan fingerprint density at radius 2 is 2.27 bits per heavy atom. The molecule has 7 heteroatoms. The van der Waals surface area contributed by atoms with Crippen LogP contribution in [-0.4, -0.2) is 49.0 Å². The van der Waals surface area contributed by atoms with Gasteiger partial charge in [0.05, 0.1) is 0 Å². The van der Waals surface area contributed by atoms with Crippen molar-refractivity contribution in [2.75, 3.05) is 6.54 Å². The van der Waals surface area contributed by atoms with Crippen LogP contribution in [0.4, 0.5) is 0 Å². The fourth-order valence-corrected chi connectivity index (χ4v) is 3.67. The lowest BCUT2D eigenvalue weighted by atomic mass is 9.98. The van der Waals surface area contributed by atoms with Crippen LogP contribution in [0.5, 0.6) is 0 Å². The molecule has 1 aliphatic carbocycles. The third kappa shape index (κ3) is 2.40. The Hall–Kier alpha value is -2.18. The van der Waals surface area contributed by atoms with Crippen molar-refractivity contribution in [2.45, 2.75) is 51.0 Å². The molecule has 0 radical (unpaired) electrons. The van der Waals surface area contributed by atoms with E-state index in [9.17, 15) is 4.79 Å². The van der Waals surface area contributed by atoms with Crippen LogP contribution >= 0.6 is 0 Å². The van der Waals surface area contributed by atoms with E-state index >= 15 is 0 Å². The van der Waals surface area contributed by atoms with Crippen LogP contribution in [0.25, 0.3) is 0 Å². The van der Waals surface area contributed by atoms with E-state index in [4.69, 9.17) is 0 Å². The highest BCUT2D eigenvalue weighted by Crippen LogP contribution is 2.26. The highest BCUT2D eigenvalue weighted by Gasteiger charge is 2.30. The maximum atomic E-state index is 12.9. The third-order valence-corrected chi connectivity index (χ3v) is 4.79. The Labute approximate surface area is 128 Å². The molecule has 2 aliphatic rings. The van der Waals surface area contributed by atoms with Crippen LogP contribution in [0.3, 0.4) is 0 Å². The number of piperidine rings is 1. The van der Waals surface area contributed by atoms with Crippen molar-refractivity contribution >= 4 is 5.91 Å². The summed E-state index contributed by atoms with van der Waals surface area (Å²) >= 11 is 0. The molecule has 1 unspecified atom stereocenters. The van der Waals surface area contributed by atoms with E-state index in [0.717, 1.165) is 44.3 Å². The van der Waals surface area contributed by atoms with Crippen molar-refractivity contribution in [2.24, 2.45) is 0 Å². The normalized spacial score (nSPS) is 21.1. The van der Waals surface area contributed by atoms with E-state index in [0.29, 0.717) is 12.2 Å². The van der Waals surface area contributed by atoms with Crippen LogP contribution < -0.4 is 0 Å². The fraction of sp³-hybridized carbons (Fsp3) is 0.600. The van der Waals surface area contributed by atoms with E-state index in [1.165, 1.54) is 17.7 Å². The number of amides is 1. The summed E-state index contributed by atoms with van der Waals surface area (Å²) in [7, 11) is 0. The first kappa shape index (κ1) is 13.5. The number of aromatic amines is 2. The highest BCUT2D eigenvalue weighted by molar-refractivity contribution is 5.93. The molecule has 2 aromatic rings. The van der Waals surface area contributed by atoms with Gasteiger partial charge in [-0.2, -0.15) is 5.21 Å². The van der Waals surface area contributed by atoms with E-state index < -0.39 is 0 Å². The van der Waals surface area contributed by atoms with Crippen LogP contribution in [0, 0.1) is 0 Å². The van der Waals surface area contributed by atoms with Crippen molar-refractivity contribution in [3.63, 3.8) is 0 Å². The van der Waals surface area contributed by atoms with E-state index in [-0.39, 0.29) is 11.9 Å². The largest absolute Gasteiger partial charge is 0.354 e. The molecule has 0 saturated carbocycles. The summed E-state index contributed by atoms with van der Waals surface area (Å²) in [5, 5.41) is 14.1. The smallest absolute Gasteiger partial charge is 0.270 e. The molecule has 3 heterocycles. The zero-order chi connectivity index (χ0) is 14.9. The highest BCUT2D eigenvalue weighted by atomic mass is 16.2. The van der Waals surface area contributed by atoms with Gasteiger partial charge in [0.25, 0.3) is 5.91 Å². The molecule has 2 aromatic heterocycles. The van der Waals surface area contributed by atoms with Gasteiger partial charge in [-0.1, -0.05) is 5.21 Å². The zero-order valence-electron chi connectivity index (χ0n) is 12.5. The van der Waals surface area contributed by atoms with Gasteiger partial charge in [-0.15, -0.1) is 10.2 Å². The van der Waals surface area contributed by atoms with Crippen molar-refractivity contribution in [1.82, 2.24) is 30.5 Å². The maximum Gasteiger partial charge on any atom is 0.270 e. The second kappa shape index (κ2) is 5.55. The van der Waals surface area contributed by atoms with E-state index in [1.807, 2.05) is 11.0 Å². The van der Waals surface area contributed by atoms with E-state index in [2.05, 4.69) is 25.6 Å². The van der Waals surface area contributed by atoms with Crippen LogP contribution in [0.1, 0.15) is 53.3 Å². The molecule has 4 rings (SSSR count). The van der Waals surface area contributed by atoms with Crippen LogP contribution in [0.2, 0.25) is 0 Å². The molecule has 0 bridgehead atoms. The number of rotatable bonds is 3. The van der Waals surface area contributed by atoms with Gasteiger partial charge >= 0.3 is 0 Å². The van der Waals surface area contributed by atoms with Gasteiger partial charge in [-0.3, -0.25) is 4.79 Å². The maximum absolute atomic E-state index is 12.9. The Bertz CT molecular complexity index is 640. The summed E-state index contributed by atoms with van der Waals surface area (Å²) in [6.45, 7) is 0.811. The predicted octanol–water partition coefficient (Wildman–Crippen LogP) is 1.25. The summed E-state index contributed by atoms with van der Waals surface area (Å²) in [5.74, 6) is 0.793. The Morgan fingerprint density at radius 3 is 3.09 bits per heavy atom. The molecule has 0 spiro atoms. The summed E-state index contributed by atoms with van der Waals surface area (Å²) in [5.41, 5.74) is 3.30. The number of carbonyl (C=O) groups excluding carboxylic acids is 1. The Morgan fingerprint density at radius 1 is 1.32 bits per heavy atom. The molecule has 1 atom stereocenters. The molecular formula is C15H20N6O. The topological polar surface area (TPSA) is 90.6 Å². The predicted molar refractivity (Wildman–Crippen MR) is 79.4 cm³/mol. The van der Waals surface area contributed by atoms with Gasteiger partial charge in [0.2, 0.25) is 0 Å². The number of H-pyrrole nitrogens is 2. The average molecular weight is 300 g/mol. The minimum absolute atomic E-state index is 0.114. The molecule has 1 saturated heterocycles. The summed E-state index contributed by atoms with van der Waals surface area (Å²) in [4.78, 5) is 18.2. The first-order chi connectivity index (χ1) is 10.8. The molecule has 1 fully saturated rings. The molecule has 2 N–H and O–H groups in total. The van der Waals surface area contributed by atoms with Gasteiger partial charge in [0, 0.05) is 24.7 Å². The number of aromatic nitrogens is 5. The van der Waals surface area contributed by atoms with Gasteiger partial charge in [-0.25, -0.2) is 0 Å². The summed E-state index contributed by atoms with van der Waals surface area (Å²) < 4.78 is 0. The van der Waals surface area contributed by atoms with Crippen molar-refractivity contribution in [1.29, 1.82) is 0 Å². The standard InChI is InChI=1S/C15H20N6O/c22-15(13-8-10-4-3-6-12(10)16-13)21-7-2-1-5-11(21)9-14-17-19-20-18-14/h8,11,16H,1-7,9H2,(H,17,18,19,20). The number of nitrogens with zero attached hydrogens (tertiary/aromatic N) is 4. The lowest BCUT2D eigenvalue weighted by Gasteiger charge is -2.35. The number of hydrogen-bond acceptors (Lipinski definition) is 4. The number of carbonyl (C=O) groups is 1. The number of hydrogen-bond donors (Lipinski definition) is 2. The lowest BCUT2D eigenvalue weighted by Crippen LogP contribution is -2.45. The Balaban J connectivity index is 1.53. The second-order valence-corrected chi connectivity index (χ2v) is 6.22. The first-order valence-corrected chi connectivity index (χ1v) is 8.05. The first-order valence-electron chi connectivity index (χ1n) is 8.05. The van der Waals surface area contributed by atoms with Crippen molar-refractivity contribution in [3.8, 4) is 0 Å². The fourth-order valence-electron chi connectivity index (χ4n) is 3.67. The van der Waals surface area contributed by atoms with Crippen molar-refractivity contribution < 1.29 is 4.79 Å². The second-order valence-electron chi connectivity index (χ2n) is 6.22. The lowest BCUT2D eigenvalue weighted by molar-refractivity contribution is 0.0605. The van der Waals surface area contributed by atoms with Gasteiger partial charge in [-0.05, 0) is 50.2 Å². The summed E-state index contributed by atoms with van der Waals surface area (Å²) in [6, 6.07) is 2.21. The SMILES string of the molecule is O=C(c1cc2c([nH]1)CCC2)N1CCCCC1Cc1nn[nH]n1. The van der Waals surface area contributed by atoms with Crippen LogP contribution in [-0.2, 0) is 19.3 Å². The molecule has 116 valence electrons. The summed E-state index contributed by atoms with van der Waals surface area (Å²) in [6.07, 6.45) is 7.23. The number of nitrogens with one attached hydrogen (secondary N) is 2. The molecule has 1 amide bonds. The number of tetrazole rings is 1. The van der Waals surface area contributed by atoms with Crippen molar-refractivity contribution in [3.05, 3.63) is 28.8 Å². The quantitative estimate of drug-likeness (QED) is 0.892. The van der Waals surface area contributed by atoms with Gasteiger partial charge < -0.3 is 9.88 Å². The van der Waals surface area contributed by atoms with Gasteiger partial charge in [0.1, 0.15) is 5.69 Å². The molecule has 0 aromatic carbocycles. The number of aryl methyl sites for hydroxylation is 2. The van der Waals surface area contributed by atoms with Crippen LogP contribution in [0.15, 0.2) is 6.07 Å². The Kier molecular flexibility index (Phi) is 3.40. The average Bonchev–Trinajstić information content (AvgIpc) is 3.23. The molecular weight excluding hydrogens is 280 g/mol. The molecule has 22 heavy (non-hydrogen) atoms. The number of fused-ring (bicyclic) bond motifs is 1. The number of likely N-dealkylation sites (tertiary alicyclic amines) is 1.